The third-order valence-electron chi connectivity index (χ3n) is 29.3. The maximum Gasteiger partial charge on any atom is 0.336 e. The molecule has 12 rings (SSSR count). The molecule has 7 saturated heterocycles. The van der Waals surface area contributed by atoms with Crippen LogP contribution >= 0.6 is 0 Å². The number of hydrogen-bond donors (Lipinski definition) is 23. The molecule has 688 valence electrons. The third kappa shape index (κ3) is 17.4. The largest absolute Gasteiger partial charge is 0.458 e. The first-order valence-corrected chi connectivity index (χ1v) is 41.5. The lowest BCUT2D eigenvalue weighted by Crippen LogP contribution is -2.70. The quantitative estimate of drug-likeness (QED) is 0.0166. The van der Waals surface area contributed by atoms with Crippen LogP contribution in [0.1, 0.15) is 127 Å². The van der Waals surface area contributed by atoms with E-state index in [0.717, 1.165) is 5.57 Å². The number of ether oxygens (including phenoxy) is 15. The van der Waals surface area contributed by atoms with Crippen LogP contribution in [0.15, 0.2) is 36.0 Å². The topological polar surface area (TPSA) is 638 Å². The third-order valence-corrected chi connectivity index (χ3v) is 29.3. The first kappa shape index (κ1) is 95.8. The molecule has 0 aromatic heterocycles. The van der Waals surface area contributed by atoms with Crippen molar-refractivity contribution in [1.82, 2.24) is 0 Å². The minimum atomic E-state index is -2.26. The molecule has 40 nitrogen and oxygen atoms in total. The number of rotatable bonds is 26. The highest BCUT2D eigenvalue weighted by Crippen LogP contribution is 2.76. The van der Waals surface area contributed by atoms with Gasteiger partial charge in [0, 0.05) is 11.8 Å². The Hall–Kier alpha value is -3.28. The molecule has 5 aliphatic carbocycles. The predicted octanol–water partition coefficient (Wildman–Crippen LogP) is -7.13. The smallest absolute Gasteiger partial charge is 0.336 e. The Bertz CT molecular complexity index is 3530. The molecule has 23 N–H and O–H groups in total. The summed E-state index contributed by atoms with van der Waals surface area (Å²) in [4.78, 5) is 31.1. The first-order chi connectivity index (χ1) is 56.3. The molecular weight excluding hydrogens is 1600 g/mol. The minimum Gasteiger partial charge on any atom is -0.458 e. The number of aliphatic hydroxyl groups excluding tert-OH is 22. The van der Waals surface area contributed by atoms with Gasteiger partial charge in [-0.25, -0.2) is 4.79 Å². The zero-order valence-electron chi connectivity index (χ0n) is 68.7. The summed E-state index contributed by atoms with van der Waals surface area (Å²) in [7, 11) is 0. The molecule has 7 aliphatic heterocycles. The highest BCUT2D eigenvalue weighted by molar-refractivity contribution is 5.89. The molecule has 0 spiro atoms. The van der Waals surface area contributed by atoms with Gasteiger partial charge >= 0.3 is 11.9 Å². The summed E-state index contributed by atoms with van der Waals surface area (Å²) in [5, 5.41) is 255. The second-order valence-electron chi connectivity index (χ2n) is 37.3. The Balaban J connectivity index is 0.860. The van der Waals surface area contributed by atoms with E-state index in [1.54, 1.807) is 0 Å². The average molecular weight is 1730 g/mol. The number of hydrogen-bond acceptors (Lipinski definition) is 40. The lowest BCUT2D eigenvalue weighted by Gasteiger charge is -2.72. The van der Waals surface area contributed by atoms with E-state index in [0.29, 0.717) is 32.1 Å². The fraction of sp³-hybridized carbons (Fsp3) is 0.900. The predicted molar refractivity (Wildman–Crippen MR) is 399 cm³/mol. The van der Waals surface area contributed by atoms with Crippen LogP contribution in [0, 0.1) is 50.2 Å². The summed E-state index contributed by atoms with van der Waals surface area (Å²) >= 11 is 0. The van der Waals surface area contributed by atoms with E-state index in [1.807, 2.05) is 34.6 Å². The summed E-state index contributed by atoms with van der Waals surface area (Å²) in [6.07, 6.45) is -57.6. The van der Waals surface area contributed by atoms with Crippen LogP contribution in [0.4, 0.5) is 0 Å². The number of aliphatic hydroxyl groups is 23. The van der Waals surface area contributed by atoms with Crippen LogP contribution in [0.5, 0.6) is 0 Å². The average Bonchev–Trinajstić information content (AvgIpc) is 0.718. The number of carbonyl (C=O) groups excluding carboxylic acids is 2. The van der Waals surface area contributed by atoms with E-state index in [9.17, 15) is 122 Å². The molecule has 4 saturated carbocycles. The van der Waals surface area contributed by atoms with Gasteiger partial charge in [0.15, 0.2) is 43.8 Å². The Labute approximate surface area is 693 Å². The van der Waals surface area contributed by atoms with Crippen LogP contribution in [0.25, 0.3) is 0 Å². The van der Waals surface area contributed by atoms with Crippen molar-refractivity contribution in [2.75, 3.05) is 46.2 Å². The number of carbonyl (C=O) groups is 2. The molecule has 44 atom stereocenters. The zero-order chi connectivity index (χ0) is 88.1. The normalized spacial score (nSPS) is 50.7. The van der Waals surface area contributed by atoms with Crippen LogP contribution in [-0.2, 0) is 80.6 Å². The molecule has 0 unspecified atom stereocenters. The molecule has 0 aromatic rings. The van der Waals surface area contributed by atoms with Gasteiger partial charge in [-0.15, -0.1) is 6.58 Å². The van der Waals surface area contributed by atoms with Crippen molar-refractivity contribution in [3.63, 3.8) is 0 Å². The van der Waals surface area contributed by atoms with Crippen LogP contribution in [0.3, 0.4) is 0 Å². The number of esters is 2. The molecule has 7 heterocycles. The second kappa shape index (κ2) is 37.1. The van der Waals surface area contributed by atoms with Crippen molar-refractivity contribution in [2.24, 2.45) is 50.2 Å². The molecule has 0 aromatic carbocycles. The van der Waals surface area contributed by atoms with Gasteiger partial charge in [0.2, 0.25) is 6.29 Å². The Morgan fingerprint density at radius 2 is 1.01 bits per heavy atom. The summed E-state index contributed by atoms with van der Waals surface area (Å²) in [6, 6.07) is 0. The van der Waals surface area contributed by atoms with Gasteiger partial charge in [-0.1, -0.05) is 72.3 Å². The van der Waals surface area contributed by atoms with E-state index in [2.05, 4.69) is 26.5 Å². The Morgan fingerprint density at radius 1 is 0.517 bits per heavy atom. The van der Waals surface area contributed by atoms with Crippen LogP contribution in [-0.4, -0.2) is 402 Å². The van der Waals surface area contributed by atoms with E-state index in [1.165, 1.54) is 26.0 Å². The lowest BCUT2D eigenvalue weighted by molar-refractivity contribution is -0.390. The molecule has 0 radical (unpaired) electrons. The van der Waals surface area contributed by atoms with Gasteiger partial charge in [-0.3, -0.25) is 4.79 Å². The van der Waals surface area contributed by atoms with Crippen molar-refractivity contribution in [1.29, 1.82) is 0 Å². The highest BCUT2D eigenvalue weighted by Gasteiger charge is 2.74. The van der Waals surface area contributed by atoms with Gasteiger partial charge < -0.3 is 189 Å². The van der Waals surface area contributed by atoms with Gasteiger partial charge in [-0.2, -0.15) is 0 Å². The fourth-order valence-corrected chi connectivity index (χ4v) is 21.6. The maximum atomic E-state index is 16.6. The molecule has 0 bridgehead atoms. The monoisotopic (exact) mass is 1730 g/mol. The Kier molecular flexibility index (Phi) is 29.6. The van der Waals surface area contributed by atoms with Crippen LogP contribution in [0.2, 0.25) is 0 Å². The van der Waals surface area contributed by atoms with Crippen molar-refractivity contribution in [3.8, 4) is 0 Å². The van der Waals surface area contributed by atoms with E-state index >= 15 is 4.79 Å². The summed E-state index contributed by atoms with van der Waals surface area (Å²) in [5.41, 5.74) is -7.20. The van der Waals surface area contributed by atoms with Crippen molar-refractivity contribution in [2.45, 2.75) is 353 Å². The van der Waals surface area contributed by atoms with Gasteiger partial charge in [0.1, 0.15) is 158 Å². The fourth-order valence-electron chi connectivity index (χ4n) is 21.6. The molecule has 120 heavy (non-hydrogen) atoms. The van der Waals surface area contributed by atoms with Crippen molar-refractivity contribution >= 4 is 11.9 Å². The van der Waals surface area contributed by atoms with Gasteiger partial charge in [-0.05, 0) is 111 Å². The van der Waals surface area contributed by atoms with Gasteiger partial charge in [0.05, 0.1) is 75.7 Å². The molecule has 0 amide bonds. The Morgan fingerprint density at radius 3 is 1.57 bits per heavy atom. The standard InChI is InChI=1S/C80H128O40/c1-11-76(7,105)18-12-13-32(24-81)65(103)114-45-23-80(73(104)120-72-64(54(96)49(91)38(27-84)112-72)119-70-60(102)62(117-68-58(100)52(94)47(89)36(25-82)109-68)61(31(2)108-70)116-67-57(99)50(92)39(28-85)111-67)34(21-74(45,3)4)33-14-15-42-77(8)19-17-44(75(5,6)41(77)16-20-78(42,9)79(33,10)22-43(80)87)115-71-63(118-69-59(101)53(95)48(90)37(26-83)110-69)55(97)51(93)40(113-71)30-107-66-56(98)46(88)35(86)29-106-66/h11,13-14,31,34-64,66-72,81-102,105H,1,12,15-30H2,2-10H3/b32-13+/t31-,34-,35+,36+,37+,38+,39-,40+,41-,42+,43+,44-,45-,46+,47+,48+,49+,50+,51+,52-,53-,54-,55-,56-,57+,58+,59+,60+,61-,62-,63+,64+,66+,67-,68-,69-,70-,71-,72-,76-,77-,78+,79+,80+/m0/s1. The van der Waals surface area contributed by atoms with E-state index in [-0.39, 0.29) is 43.1 Å². The number of allylic oxidation sites excluding steroid dienone is 3. The second-order valence-corrected chi connectivity index (χ2v) is 37.3. The molecule has 11 fully saturated rings. The first-order valence-electron chi connectivity index (χ1n) is 41.5. The zero-order valence-corrected chi connectivity index (χ0v) is 68.7. The summed E-state index contributed by atoms with van der Waals surface area (Å²) < 4.78 is 91.6. The number of fused-ring (bicyclic) bond motifs is 7. The van der Waals surface area contributed by atoms with Crippen LogP contribution < -0.4 is 0 Å². The summed E-state index contributed by atoms with van der Waals surface area (Å²) in [6.45, 7) is 15.2. The summed E-state index contributed by atoms with van der Waals surface area (Å²) in [5.74, 6) is -3.63. The molecule has 12 aliphatic rings. The molecular formula is C80H128O40. The lowest BCUT2D eigenvalue weighted by atomic mass is 9.33. The van der Waals surface area contributed by atoms with Crippen molar-refractivity contribution < 1.29 is 198 Å². The highest BCUT2D eigenvalue weighted by atomic mass is 16.8. The van der Waals surface area contributed by atoms with Gasteiger partial charge in [0.25, 0.3) is 0 Å². The minimum absolute atomic E-state index is 0.00807. The van der Waals surface area contributed by atoms with Crippen molar-refractivity contribution in [3.05, 3.63) is 36.0 Å². The van der Waals surface area contributed by atoms with E-state index in [4.69, 9.17) is 71.1 Å². The van der Waals surface area contributed by atoms with E-state index < -0.39 is 330 Å². The molecule has 40 heteroatoms. The SMILES string of the molecule is C=C[C@](C)(O)CC/C=C(\CO)C(=O)O[C@H]1C[C@]2(C(=O)O[C@@H]3O[C@H](CO)[C@@H](O)[C@H](O)[C@H]3O[C@@H]3O[C@@H](C)[C@H](O[C@@H]4O[C@@H](CO)[C@@H](O)[C@H]4O)[C@@H](O[C@@H]4O[C@H](CO)[C@@H](O)[C@H](O)[C@H]4O)[C@H]3O)[C@H](O)C[C@]3(C)C(=CC[C@@H]4[C@@]5(C)CC[C@H](O[C@@H]6O[C@H](CO[C@H]7OC[C@@H](O)[C@@H](O)[C@@H]7O)[C@@H](O)[C@H](O)[C@H]6O[C@@H]6O[C@H](CO)[C@@H](O)[C@H](O)[C@H]6O)C(C)(C)[C@@H]5CC[C@]43C)[C@@H]2CC1(C)C. The maximum absolute atomic E-state index is 16.6.